The fraction of sp³-hybridized carbons (Fsp3) is 0.0952. The van der Waals surface area contributed by atoms with E-state index in [0.717, 1.165) is 5.56 Å². The van der Waals surface area contributed by atoms with Crippen molar-refractivity contribution in [3.63, 3.8) is 0 Å². The second-order valence-corrected chi connectivity index (χ2v) is 6.95. The summed E-state index contributed by atoms with van der Waals surface area (Å²) in [6, 6.07) is 13.5. The molecular formula is C21H17ClN4O4. The van der Waals surface area contributed by atoms with E-state index in [2.05, 4.69) is 15.7 Å². The molecule has 3 aromatic rings. The smallest absolute Gasteiger partial charge is 0.352 e. The third kappa shape index (κ3) is 3.60. The fourth-order valence-corrected chi connectivity index (χ4v) is 3.35. The second-order valence-electron chi connectivity index (χ2n) is 6.51. The molecule has 8 nitrogen and oxygen atoms in total. The Hall–Kier alpha value is -3.78. The predicted molar refractivity (Wildman–Crippen MR) is 112 cm³/mol. The minimum atomic E-state index is -1.14. The highest BCUT2D eigenvalue weighted by atomic mass is 35.5. The summed E-state index contributed by atoms with van der Waals surface area (Å²) in [6.45, 7) is 0. The summed E-state index contributed by atoms with van der Waals surface area (Å²) in [5.41, 5.74) is 1.42. The first-order valence-corrected chi connectivity index (χ1v) is 9.35. The molecule has 0 aliphatic carbocycles. The first-order chi connectivity index (χ1) is 14.5. The first-order valence-electron chi connectivity index (χ1n) is 8.97. The van der Waals surface area contributed by atoms with Gasteiger partial charge in [-0.2, -0.15) is 5.10 Å². The van der Waals surface area contributed by atoms with Crippen molar-refractivity contribution < 1.29 is 19.4 Å². The van der Waals surface area contributed by atoms with Crippen LogP contribution in [0.3, 0.4) is 0 Å². The molecule has 1 aromatic heterocycles. The normalized spacial score (nSPS) is 14.9. The maximum absolute atomic E-state index is 12.9. The summed E-state index contributed by atoms with van der Waals surface area (Å²) >= 11 is 5.97. The van der Waals surface area contributed by atoms with Crippen molar-refractivity contribution in [2.24, 2.45) is 0 Å². The van der Waals surface area contributed by atoms with E-state index in [-0.39, 0.29) is 17.1 Å². The average Bonchev–Trinajstić information content (AvgIpc) is 3.18. The Labute approximate surface area is 176 Å². The van der Waals surface area contributed by atoms with E-state index in [1.807, 2.05) is 0 Å². The molecule has 1 amide bonds. The maximum atomic E-state index is 12.9. The van der Waals surface area contributed by atoms with Gasteiger partial charge in [0, 0.05) is 5.02 Å². The number of hydrogen-bond acceptors (Lipinski definition) is 5. The number of halogens is 1. The van der Waals surface area contributed by atoms with Gasteiger partial charge < -0.3 is 20.5 Å². The number of aromatic nitrogens is 2. The Morgan fingerprint density at radius 2 is 1.93 bits per heavy atom. The van der Waals surface area contributed by atoms with Gasteiger partial charge in [-0.05, 0) is 35.9 Å². The Balaban J connectivity index is 1.72. The van der Waals surface area contributed by atoms with Gasteiger partial charge in [0.25, 0.3) is 5.91 Å². The summed E-state index contributed by atoms with van der Waals surface area (Å²) in [7, 11) is 1.51. The topological polar surface area (TPSA) is 105 Å². The number of carbonyl (C=O) groups excluding carboxylic acids is 1. The van der Waals surface area contributed by atoms with E-state index in [1.165, 1.54) is 19.4 Å². The lowest BCUT2D eigenvalue weighted by Crippen LogP contribution is -2.25. The van der Waals surface area contributed by atoms with Gasteiger partial charge in [-0.3, -0.25) is 4.79 Å². The summed E-state index contributed by atoms with van der Waals surface area (Å²) in [6.07, 6.45) is 2.93. The van der Waals surface area contributed by atoms with Gasteiger partial charge in [-0.15, -0.1) is 0 Å². The first kappa shape index (κ1) is 19.5. The second kappa shape index (κ2) is 7.92. The van der Waals surface area contributed by atoms with Crippen LogP contribution < -0.4 is 15.4 Å². The molecule has 9 heteroatoms. The number of carboxylic acids is 1. The monoisotopic (exact) mass is 424 g/mol. The van der Waals surface area contributed by atoms with E-state index < -0.39 is 17.9 Å². The van der Waals surface area contributed by atoms with Crippen molar-refractivity contribution >= 4 is 35.0 Å². The number of carboxylic acid groups (broad SMARTS) is 1. The van der Waals surface area contributed by atoms with E-state index in [9.17, 15) is 14.7 Å². The standard InChI is InChI=1S/C21H17ClN4O4/c1-30-18-5-3-2-4-15(18)25-20(27)14-11-23-26-17(12-6-8-13(22)9-7-12)10-16(21(28)29)24-19(14)26/h2-11,17,24H,1H3,(H,25,27)(H,28,29)/t17-/m1/s1. The Morgan fingerprint density at radius 1 is 1.20 bits per heavy atom. The molecule has 152 valence electrons. The molecule has 0 spiro atoms. The molecule has 1 atom stereocenters. The number of para-hydroxylation sites is 2. The van der Waals surface area contributed by atoms with Gasteiger partial charge in [-0.25, -0.2) is 9.48 Å². The highest BCUT2D eigenvalue weighted by Crippen LogP contribution is 2.33. The molecule has 3 N–H and O–H groups in total. The minimum Gasteiger partial charge on any atom is -0.495 e. The van der Waals surface area contributed by atoms with Crippen LogP contribution in [0.1, 0.15) is 22.0 Å². The quantitative estimate of drug-likeness (QED) is 0.575. The van der Waals surface area contributed by atoms with E-state index in [0.29, 0.717) is 16.5 Å². The largest absolute Gasteiger partial charge is 0.495 e. The number of amides is 1. The van der Waals surface area contributed by atoms with Gasteiger partial charge in [0.15, 0.2) is 0 Å². The summed E-state index contributed by atoms with van der Waals surface area (Å²) in [5.74, 6) is -0.806. The molecule has 2 heterocycles. The van der Waals surface area contributed by atoms with Crippen LogP contribution in [0.2, 0.25) is 5.02 Å². The Kier molecular flexibility index (Phi) is 5.16. The average molecular weight is 425 g/mol. The lowest BCUT2D eigenvalue weighted by Gasteiger charge is -2.24. The molecule has 1 aliphatic rings. The van der Waals surface area contributed by atoms with Crippen molar-refractivity contribution in [1.82, 2.24) is 9.78 Å². The van der Waals surface area contributed by atoms with Crippen LogP contribution in [0.15, 0.2) is 66.5 Å². The van der Waals surface area contributed by atoms with E-state index in [4.69, 9.17) is 16.3 Å². The molecule has 0 saturated heterocycles. The van der Waals surface area contributed by atoms with Crippen LogP contribution in [-0.4, -0.2) is 33.9 Å². The van der Waals surface area contributed by atoms with Crippen LogP contribution in [-0.2, 0) is 4.79 Å². The SMILES string of the molecule is COc1ccccc1NC(=O)c1cnn2c1NC(C(=O)O)=C[C@@H]2c1ccc(Cl)cc1. The van der Waals surface area contributed by atoms with Gasteiger partial charge >= 0.3 is 5.97 Å². The molecule has 0 bridgehead atoms. The van der Waals surface area contributed by atoms with Crippen LogP contribution in [0.5, 0.6) is 5.75 Å². The van der Waals surface area contributed by atoms with Crippen molar-refractivity contribution in [2.45, 2.75) is 6.04 Å². The maximum Gasteiger partial charge on any atom is 0.352 e. The third-order valence-corrected chi connectivity index (χ3v) is 4.93. The third-order valence-electron chi connectivity index (χ3n) is 4.68. The summed E-state index contributed by atoms with van der Waals surface area (Å²) < 4.78 is 6.82. The van der Waals surface area contributed by atoms with Gasteiger partial charge in [0.05, 0.1) is 25.0 Å². The lowest BCUT2D eigenvalue weighted by molar-refractivity contribution is -0.132. The number of ether oxygens (including phenoxy) is 1. The van der Waals surface area contributed by atoms with Crippen molar-refractivity contribution in [1.29, 1.82) is 0 Å². The number of anilines is 2. The predicted octanol–water partition coefficient (Wildman–Crippen LogP) is 3.78. The zero-order chi connectivity index (χ0) is 21.3. The molecule has 0 saturated carbocycles. The van der Waals surface area contributed by atoms with Gasteiger partial charge in [0.2, 0.25) is 0 Å². The lowest BCUT2D eigenvalue weighted by atomic mass is 10.0. The highest BCUT2D eigenvalue weighted by Gasteiger charge is 2.29. The van der Waals surface area contributed by atoms with Crippen molar-refractivity contribution in [3.8, 4) is 5.75 Å². The van der Waals surface area contributed by atoms with Gasteiger partial charge in [-0.1, -0.05) is 35.9 Å². The van der Waals surface area contributed by atoms with E-state index in [1.54, 1.807) is 53.2 Å². The number of fused-ring (bicyclic) bond motifs is 1. The Bertz CT molecular complexity index is 1150. The number of allylic oxidation sites excluding steroid dienone is 1. The molecular weight excluding hydrogens is 408 g/mol. The number of benzene rings is 2. The van der Waals surface area contributed by atoms with Crippen molar-refractivity contribution in [2.75, 3.05) is 17.7 Å². The number of methoxy groups -OCH3 is 1. The number of nitrogens with zero attached hydrogens (tertiary/aromatic N) is 2. The zero-order valence-electron chi connectivity index (χ0n) is 15.8. The summed E-state index contributed by atoms with van der Waals surface area (Å²) in [4.78, 5) is 24.6. The molecule has 0 radical (unpaired) electrons. The highest BCUT2D eigenvalue weighted by molar-refractivity contribution is 6.30. The number of rotatable bonds is 5. The van der Waals surface area contributed by atoms with Crippen LogP contribution >= 0.6 is 11.6 Å². The summed E-state index contributed by atoms with van der Waals surface area (Å²) in [5, 5.41) is 20.0. The molecule has 4 rings (SSSR count). The molecule has 30 heavy (non-hydrogen) atoms. The molecule has 1 aliphatic heterocycles. The minimum absolute atomic E-state index is 0.0470. The molecule has 0 unspecified atom stereocenters. The number of nitrogens with one attached hydrogen (secondary N) is 2. The van der Waals surface area contributed by atoms with Crippen LogP contribution in [0.4, 0.5) is 11.5 Å². The molecule has 0 fully saturated rings. The van der Waals surface area contributed by atoms with Gasteiger partial charge in [0.1, 0.15) is 22.8 Å². The van der Waals surface area contributed by atoms with Crippen LogP contribution in [0.25, 0.3) is 0 Å². The number of aliphatic carboxylic acids is 1. The Morgan fingerprint density at radius 3 is 2.63 bits per heavy atom. The number of carbonyl (C=O) groups is 2. The number of hydrogen-bond donors (Lipinski definition) is 3. The molecule has 2 aromatic carbocycles. The fourth-order valence-electron chi connectivity index (χ4n) is 3.22. The van der Waals surface area contributed by atoms with E-state index >= 15 is 0 Å². The zero-order valence-corrected chi connectivity index (χ0v) is 16.6. The van der Waals surface area contributed by atoms with Crippen LogP contribution in [0, 0.1) is 0 Å². The van der Waals surface area contributed by atoms with Crippen molar-refractivity contribution in [3.05, 3.63) is 82.7 Å².